The molecule has 15 heavy (non-hydrogen) atoms. The second-order valence-electron chi connectivity index (χ2n) is 3.33. The summed E-state index contributed by atoms with van der Waals surface area (Å²) in [5.41, 5.74) is 5.90. The SMILES string of the molecule is NC(CC=O)Cc1cc(P)c(F)cc1F. The number of benzene rings is 1. The third-order valence-electron chi connectivity index (χ3n) is 2.05. The van der Waals surface area contributed by atoms with Gasteiger partial charge in [0.2, 0.25) is 0 Å². The highest BCUT2D eigenvalue weighted by molar-refractivity contribution is 7.27. The van der Waals surface area contributed by atoms with E-state index in [1.54, 1.807) is 0 Å². The molecule has 0 amide bonds. The van der Waals surface area contributed by atoms with Gasteiger partial charge in [-0.25, -0.2) is 8.78 Å². The quantitative estimate of drug-likeness (QED) is 0.618. The predicted octanol–water partition coefficient (Wildman–Crippen LogP) is 0.924. The number of carbonyl (C=O) groups is 1. The average Bonchev–Trinajstić information content (AvgIpc) is 2.14. The molecule has 0 aromatic heterocycles. The van der Waals surface area contributed by atoms with Gasteiger partial charge in [-0.15, -0.1) is 9.24 Å². The van der Waals surface area contributed by atoms with E-state index in [-0.39, 0.29) is 12.8 Å². The molecule has 0 radical (unpaired) electrons. The molecular weight excluding hydrogens is 219 g/mol. The van der Waals surface area contributed by atoms with Crippen molar-refractivity contribution in [1.82, 2.24) is 0 Å². The van der Waals surface area contributed by atoms with Crippen molar-refractivity contribution < 1.29 is 13.6 Å². The Morgan fingerprint density at radius 1 is 1.40 bits per heavy atom. The van der Waals surface area contributed by atoms with E-state index in [0.717, 1.165) is 6.07 Å². The van der Waals surface area contributed by atoms with Crippen molar-refractivity contribution in [2.75, 3.05) is 0 Å². The molecule has 0 saturated carbocycles. The molecule has 2 nitrogen and oxygen atoms in total. The van der Waals surface area contributed by atoms with Gasteiger partial charge in [-0.05, 0) is 18.1 Å². The average molecular weight is 231 g/mol. The third-order valence-corrected chi connectivity index (χ3v) is 2.49. The van der Waals surface area contributed by atoms with Crippen LogP contribution in [0.4, 0.5) is 8.78 Å². The van der Waals surface area contributed by atoms with Crippen LogP contribution in [0.15, 0.2) is 12.1 Å². The number of aldehydes is 1. The van der Waals surface area contributed by atoms with Crippen LogP contribution >= 0.6 is 9.24 Å². The molecule has 2 unspecified atom stereocenters. The van der Waals surface area contributed by atoms with Gasteiger partial charge in [-0.3, -0.25) is 0 Å². The molecule has 0 heterocycles. The number of halogens is 2. The molecule has 2 atom stereocenters. The molecular formula is C10H12F2NOP. The summed E-state index contributed by atoms with van der Waals surface area (Å²) < 4.78 is 26.1. The van der Waals surface area contributed by atoms with Crippen LogP contribution in [0.2, 0.25) is 0 Å². The van der Waals surface area contributed by atoms with E-state index < -0.39 is 17.7 Å². The largest absolute Gasteiger partial charge is 0.327 e. The molecule has 2 N–H and O–H groups in total. The van der Waals surface area contributed by atoms with Crippen LogP contribution < -0.4 is 11.0 Å². The Balaban J connectivity index is 2.85. The lowest BCUT2D eigenvalue weighted by Crippen LogP contribution is -2.24. The first kappa shape index (κ1) is 12.2. The Morgan fingerprint density at radius 3 is 2.67 bits per heavy atom. The molecule has 82 valence electrons. The van der Waals surface area contributed by atoms with Crippen LogP contribution in [0.3, 0.4) is 0 Å². The zero-order chi connectivity index (χ0) is 11.4. The molecule has 0 aliphatic carbocycles. The normalized spacial score (nSPS) is 12.5. The van der Waals surface area contributed by atoms with Crippen molar-refractivity contribution in [2.45, 2.75) is 18.9 Å². The Hall–Kier alpha value is -0.860. The smallest absolute Gasteiger partial charge is 0.133 e. The molecule has 1 aromatic rings. The first-order valence-corrected chi connectivity index (χ1v) is 5.05. The van der Waals surface area contributed by atoms with Crippen LogP contribution in [0.25, 0.3) is 0 Å². The maximum Gasteiger partial charge on any atom is 0.133 e. The maximum atomic E-state index is 13.2. The van der Waals surface area contributed by atoms with Crippen molar-refractivity contribution in [2.24, 2.45) is 5.73 Å². The minimum absolute atomic E-state index is 0.170. The highest BCUT2D eigenvalue weighted by Crippen LogP contribution is 2.12. The zero-order valence-corrected chi connectivity index (χ0v) is 9.20. The molecule has 0 spiro atoms. The first-order chi connectivity index (χ1) is 7.04. The number of hydrogen-bond acceptors (Lipinski definition) is 2. The fraction of sp³-hybridized carbons (Fsp3) is 0.300. The summed E-state index contributed by atoms with van der Waals surface area (Å²) in [6, 6.07) is 1.79. The summed E-state index contributed by atoms with van der Waals surface area (Å²) in [5, 5.41) is 0.296. The molecule has 5 heteroatoms. The second kappa shape index (κ2) is 5.29. The molecule has 1 aromatic carbocycles. The predicted molar refractivity (Wildman–Crippen MR) is 58.1 cm³/mol. The zero-order valence-electron chi connectivity index (χ0n) is 8.04. The van der Waals surface area contributed by atoms with Crippen molar-refractivity contribution >= 4 is 20.8 Å². The lowest BCUT2D eigenvalue weighted by molar-refractivity contribution is -0.108. The number of rotatable bonds is 4. The van der Waals surface area contributed by atoms with Gasteiger partial charge in [-0.2, -0.15) is 0 Å². The van der Waals surface area contributed by atoms with Crippen molar-refractivity contribution in [1.29, 1.82) is 0 Å². The molecule has 0 fully saturated rings. The van der Waals surface area contributed by atoms with Gasteiger partial charge in [-0.1, -0.05) is 0 Å². The second-order valence-corrected chi connectivity index (χ2v) is 3.95. The molecule has 0 aliphatic heterocycles. The molecule has 0 bridgehead atoms. The standard InChI is InChI=1S/C10H12F2NOP/c11-8-5-9(12)10(15)4-6(8)3-7(13)1-2-14/h2,4-5,7H,1,3,13,15H2. The van der Waals surface area contributed by atoms with E-state index >= 15 is 0 Å². The van der Waals surface area contributed by atoms with Crippen LogP contribution in [0.1, 0.15) is 12.0 Å². The minimum Gasteiger partial charge on any atom is -0.327 e. The van der Waals surface area contributed by atoms with Crippen LogP contribution in [0.5, 0.6) is 0 Å². The number of nitrogens with two attached hydrogens (primary N) is 1. The highest BCUT2D eigenvalue weighted by atomic mass is 31.0. The van der Waals surface area contributed by atoms with E-state index in [9.17, 15) is 13.6 Å². The fourth-order valence-electron chi connectivity index (χ4n) is 1.26. The minimum atomic E-state index is -0.625. The van der Waals surface area contributed by atoms with Crippen LogP contribution in [-0.4, -0.2) is 12.3 Å². The molecule has 0 saturated heterocycles. The van der Waals surface area contributed by atoms with E-state index in [2.05, 4.69) is 9.24 Å². The first-order valence-electron chi connectivity index (χ1n) is 4.47. The van der Waals surface area contributed by atoms with Crippen molar-refractivity contribution in [3.05, 3.63) is 29.3 Å². The Kier molecular flexibility index (Phi) is 4.30. The summed E-state index contributed by atoms with van der Waals surface area (Å²) in [7, 11) is 2.18. The summed E-state index contributed by atoms with van der Waals surface area (Å²) in [4.78, 5) is 10.2. The topological polar surface area (TPSA) is 43.1 Å². The van der Waals surface area contributed by atoms with Crippen molar-refractivity contribution in [3.8, 4) is 0 Å². The van der Waals surface area contributed by atoms with Gasteiger partial charge in [0.15, 0.2) is 0 Å². The van der Waals surface area contributed by atoms with Gasteiger partial charge in [0.05, 0.1) is 0 Å². The van der Waals surface area contributed by atoms with Gasteiger partial charge in [0, 0.05) is 23.8 Å². The highest BCUT2D eigenvalue weighted by Gasteiger charge is 2.10. The van der Waals surface area contributed by atoms with E-state index in [4.69, 9.17) is 5.73 Å². The molecule has 1 rings (SSSR count). The summed E-state index contributed by atoms with van der Waals surface area (Å²) in [5.74, 6) is -1.23. The lowest BCUT2D eigenvalue weighted by Gasteiger charge is -2.10. The van der Waals surface area contributed by atoms with Gasteiger partial charge < -0.3 is 10.5 Å². The van der Waals surface area contributed by atoms with E-state index in [1.807, 2.05) is 0 Å². The Labute approximate surface area is 89.1 Å². The van der Waals surface area contributed by atoms with E-state index in [0.29, 0.717) is 17.2 Å². The van der Waals surface area contributed by atoms with Crippen LogP contribution in [-0.2, 0) is 11.2 Å². The summed E-state index contributed by atoms with van der Waals surface area (Å²) in [6.07, 6.45) is 1.09. The van der Waals surface area contributed by atoms with Crippen molar-refractivity contribution in [3.63, 3.8) is 0 Å². The summed E-state index contributed by atoms with van der Waals surface area (Å²) in [6.45, 7) is 0. The fourth-order valence-corrected chi connectivity index (χ4v) is 1.54. The molecule has 0 aliphatic rings. The van der Waals surface area contributed by atoms with E-state index in [1.165, 1.54) is 6.07 Å². The van der Waals surface area contributed by atoms with Crippen LogP contribution in [0, 0.1) is 11.6 Å². The maximum absolute atomic E-state index is 13.2. The Bertz CT molecular complexity index is 371. The van der Waals surface area contributed by atoms with Gasteiger partial charge >= 0.3 is 0 Å². The monoisotopic (exact) mass is 231 g/mol. The number of carbonyl (C=O) groups excluding carboxylic acids is 1. The number of hydrogen-bond donors (Lipinski definition) is 1. The lowest BCUT2D eigenvalue weighted by atomic mass is 10.0. The van der Waals surface area contributed by atoms with Gasteiger partial charge in [0.1, 0.15) is 17.9 Å². The third kappa shape index (κ3) is 3.33. The van der Waals surface area contributed by atoms with Gasteiger partial charge in [0.25, 0.3) is 0 Å². The summed E-state index contributed by atoms with van der Waals surface area (Å²) >= 11 is 0. The Morgan fingerprint density at radius 2 is 2.07 bits per heavy atom.